The van der Waals surface area contributed by atoms with Gasteiger partial charge >= 0.3 is 0 Å². The van der Waals surface area contributed by atoms with Crippen LogP contribution in [-0.4, -0.2) is 41.1 Å². The summed E-state index contributed by atoms with van der Waals surface area (Å²) in [5.74, 6) is 0.427. The Kier molecular flexibility index (Phi) is 6.76. The van der Waals surface area contributed by atoms with Crippen LogP contribution in [0.5, 0.6) is 11.5 Å². The fourth-order valence-electron chi connectivity index (χ4n) is 4.66. The molecular weight excluding hydrogens is 464 g/mol. The molecule has 3 aromatic rings. The molecule has 184 valence electrons. The number of sulfonamides is 1. The highest BCUT2D eigenvalue weighted by molar-refractivity contribution is 7.92. The van der Waals surface area contributed by atoms with Crippen LogP contribution in [0.4, 0.5) is 11.4 Å². The van der Waals surface area contributed by atoms with E-state index in [1.807, 2.05) is 51.1 Å². The first kappa shape index (κ1) is 24.6. The molecule has 1 atom stereocenters. The van der Waals surface area contributed by atoms with Gasteiger partial charge in [-0.1, -0.05) is 24.3 Å². The molecule has 1 aliphatic rings. The van der Waals surface area contributed by atoms with E-state index in [1.54, 1.807) is 23.1 Å². The van der Waals surface area contributed by atoms with Crippen molar-refractivity contribution in [2.45, 2.75) is 38.1 Å². The predicted octanol–water partition coefficient (Wildman–Crippen LogP) is 4.49. The van der Waals surface area contributed by atoms with Crippen LogP contribution < -0.4 is 18.7 Å². The standard InChI is InChI=1S/C27H30N2O5S/c1-18-12-19(2)14-22(13-18)28(35(31,32)23-10-11-25(33-4)26(16-23)34-5)17-27(30)29-20(3)15-21-8-6-7-9-24(21)29/h6-14,16,20H,15,17H2,1-5H3/t20-/m1/s1. The molecule has 0 aliphatic carbocycles. The average molecular weight is 495 g/mol. The normalized spacial score (nSPS) is 15.0. The molecule has 8 heteroatoms. The Morgan fingerprint density at radius 2 is 1.63 bits per heavy atom. The number of carbonyl (C=O) groups excluding carboxylic acids is 1. The molecule has 7 nitrogen and oxygen atoms in total. The first-order chi connectivity index (χ1) is 16.6. The van der Waals surface area contributed by atoms with Gasteiger partial charge < -0.3 is 14.4 Å². The van der Waals surface area contributed by atoms with Gasteiger partial charge in [0.25, 0.3) is 10.0 Å². The van der Waals surface area contributed by atoms with Crippen LogP contribution in [0.3, 0.4) is 0 Å². The van der Waals surface area contributed by atoms with E-state index < -0.39 is 10.0 Å². The largest absolute Gasteiger partial charge is 0.493 e. The molecular formula is C27H30N2O5S. The number of rotatable bonds is 7. The predicted molar refractivity (Wildman–Crippen MR) is 137 cm³/mol. The number of carbonyl (C=O) groups is 1. The third-order valence-corrected chi connectivity index (χ3v) is 7.96. The maximum atomic E-state index is 14.0. The zero-order valence-corrected chi connectivity index (χ0v) is 21.4. The van der Waals surface area contributed by atoms with Crippen molar-refractivity contribution in [2.24, 2.45) is 0 Å². The second kappa shape index (κ2) is 9.62. The van der Waals surface area contributed by atoms with Gasteiger partial charge in [-0.25, -0.2) is 8.42 Å². The number of hydrogen-bond donors (Lipinski definition) is 0. The van der Waals surface area contributed by atoms with Crippen molar-refractivity contribution in [3.63, 3.8) is 0 Å². The van der Waals surface area contributed by atoms with Gasteiger partial charge in [0.15, 0.2) is 11.5 Å². The van der Waals surface area contributed by atoms with E-state index in [9.17, 15) is 13.2 Å². The molecule has 4 rings (SSSR count). The number of fused-ring (bicyclic) bond motifs is 1. The molecule has 0 spiro atoms. The van der Waals surface area contributed by atoms with Gasteiger partial charge in [-0.15, -0.1) is 0 Å². The molecule has 0 radical (unpaired) electrons. The van der Waals surface area contributed by atoms with Crippen molar-refractivity contribution >= 4 is 27.3 Å². The average Bonchev–Trinajstić information content (AvgIpc) is 3.16. The van der Waals surface area contributed by atoms with E-state index in [0.29, 0.717) is 17.2 Å². The minimum absolute atomic E-state index is 0.0111. The monoisotopic (exact) mass is 494 g/mol. The fourth-order valence-corrected chi connectivity index (χ4v) is 6.07. The Hall–Kier alpha value is -3.52. The van der Waals surface area contributed by atoms with Gasteiger partial charge in [0, 0.05) is 17.8 Å². The molecule has 35 heavy (non-hydrogen) atoms. The molecule has 0 N–H and O–H groups in total. The molecule has 1 aliphatic heterocycles. The van der Waals surface area contributed by atoms with Gasteiger partial charge in [-0.3, -0.25) is 9.10 Å². The lowest BCUT2D eigenvalue weighted by atomic mass is 10.1. The summed E-state index contributed by atoms with van der Waals surface area (Å²) in [6.07, 6.45) is 0.730. The molecule has 1 amide bonds. The van der Waals surface area contributed by atoms with Crippen LogP contribution in [0.25, 0.3) is 0 Å². The maximum absolute atomic E-state index is 14.0. The molecule has 3 aromatic carbocycles. The summed E-state index contributed by atoms with van der Waals surface area (Å²) in [5, 5.41) is 0. The fraction of sp³-hybridized carbons (Fsp3) is 0.296. The third kappa shape index (κ3) is 4.71. The lowest BCUT2D eigenvalue weighted by Crippen LogP contribution is -2.45. The number of aryl methyl sites for hydroxylation is 2. The second-order valence-electron chi connectivity index (χ2n) is 8.82. The smallest absolute Gasteiger partial charge is 0.264 e. The van der Waals surface area contributed by atoms with E-state index >= 15 is 0 Å². The van der Waals surface area contributed by atoms with Crippen LogP contribution >= 0.6 is 0 Å². The number of para-hydroxylation sites is 1. The molecule has 0 unspecified atom stereocenters. The van der Waals surface area contributed by atoms with E-state index in [2.05, 4.69) is 0 Å². The van der Waals surface area contributed by atoms with Crippen molar-refractivity contribution in [2.75, 3.05) is 30.0 Å². The van der Waals surface area contributed by atoms with Crippen molar-refractivity contribution in [1.29, 1.82) is 0 Å². The van der Waals surface area contributed by atoms with Crippen LogP contribution in [0.2, 0.25) is 0 Å². The van der Waals surface area contributed by atoms with E-state index in [4.69, 9.17) is 9.47 Å². The number of methoxy groups -OCH3 is 2. The Bertz CT molecular complexity index is 1350. The van der Waals surface area contributed by atoms with Gasteiger partial charge in [-0.2, -0.15) is 0 Å². The summed E-state index contributed by atoms with van der Waals surface area (Å²) in [4.78, 5) is 15.4. The highest BCUT2D eigenvalue weighted by Gasteiger charge is 2.35. The number of hydrogen-bond acceptors (Lipinski definition) is 5. The number of amides is 1. The summed E-state index contributed by atoms with van der Waals surface area (Å²) in [6, 6.07) is 17.6. The number of benzene rings is 3. The number of nitrogens with zero attached hydrogens (tertiary/aromatic N) is 2. The van der Waals surface area contributed by atoms with Crippen LogP contribution in [0.1, 0.15) is 23.6 Å². The third-order valence-electron chi connectivity index (χ3n) is 6.19. The van der Waals surface area contributed by atoms with E-state index in [1.165, 1.54) is 30.7 Å². The van der Waals surface area contributed by atoms with Crippen LogP contribution in [-0.2, 0) is 21.2 Å². The summed E-state index contributed by atoms with van der Waals surface area (Å²) in [5.41, 5.74) is 4.15. The summed E-state index contributed by atoms with van der Waals surface area (Å²) < 4.78 is 39.7. The summed E-state index contributed by atoms with van der Waals surface area (Å²) in [7, 11) is -1.18. The second-order valence-corrected chi connectivity index (χ2v) is 10.7. The molecule has 0 fully saturated rings. The number of ether oxygens (including phenoxy) is 2. The van der Waals surface area contributed by atoms with E-state index in [0.717, 1.165) is 28.8 Å². The number of anilines is 2. The van der Waals surface area contributed by atoms with Crippen molar-refractivity contribution in [3.05, 3.63) is 77.4 Å². The van der Waals surface area contributed by atoms with Crippen molar-refractivity contribution < 1.29 is 22.7 Å². The Morgan fingerprint density at radius 3 is 2.29 bits per heavy atom. The highest BCUT2D eigenvalue weighted by atomic mass is 32.2. The van der Waals surface area contributed by atoms with Gasteiger partial charge in [0.05, 0.1) is 24.8 Å². The quantitative estimate of drug-likeness (QED) is 0.484. The Balaban J connectivity index is 1.79. The molecule has 0 aromatic heterocycles. The lowest BCUT2D eigenvalue weighted by molar-refractivity contribution is -0.117. The van der Waals surface area contributed by atoms with Gasteiger partial charge in [0.1, 0.15) is 6.54 Å². The minimum atomic E-state index is -4.11. The minimum Gasteiger partial charge on any atom is -0.493 e. The van der Waals surface area contributed by atoms with Gasteiger partial charge in [-0.05, 0) is 74.2 Å². The topological polar surface area (TPSA) is 76.2 Å². The first-order valence-electron chi connectivity index (χ1n) is 11.4. The molecule has 0 bridgehead atoms. The molecule has 0 saturated heterocycles. The Morgan fingerprint density at radius 1 is 0.971 bits per heavy atom. The van der Waals surface area contributed by atoms with Crippen LogP contribution in [0.15, 0.2) is 65.6 Å². The summed E-state index contributed by atoms with van der Waals surface area (Å²) in [6.45, 7) is 5.44. The van der Waals surface area contributed by atoms with E-state index in [-0.39, 0.29) is 23.4 Å². The highest BCUT2D eigenvalue weighted by Crippen LogP contribution is 2.35. The maximum Gasteiger partial charge on any atom is 0.264 e. The van der Waals surface area contributed by atoms with Gasteiger partial charge in [0.2, 0.25) is 5.91 Å². The summed E-state index contributed by atoms with van der Waals surface area (Å²) >= 11 is 0. The zero-order chi connectivity index (χ0) is 25.3. The zero-order valence-electron chi connectivity index (χ0n) is 20.6. The van der Waals surface area contributed by atoms with Crippen LogP contribution in [0, 0.1) is 13.8 Å². The van der Waals surface area contributed by atoms with Crippen molar-refractivity contribution in [1.82, 2.24) is 0 Å². The first-order valence-corrected chi connectivity index (χ1v) is 12.8. The lowest BCUT2D eigenvalue weighted by Gasteiger charge is -2.29. The molecule has 0 saturated carbocycles. The Labute approximate surface area is 206 Å². The SMILES string of the molecule is COc1ccc(S(=O)(=O)N(CC(=O)N2c3ccccc3C[C@H]2C)c2cc(C)cc(C)c2)cc1OC. The van der Waals surface area contributed by atoms with Crippen molar-refractivity contribution in [3.8, 4) is 11.5 Å². The molecule has 1 heterocycles.